The number of thioether (sulfide) groups is 2. The van der Waals surface area contributed by atoms with Gasteiger partial charge in [0, 0.05) is 20.9 Å². The Kier molecular flexibility index (Phi) is 13.9. The predicted octanol–water partition coefficient (Wildman–Crippen LogP) is 8.44. The Bertz CT molecular complexity index is 1270. The summed E-state index contributed by atoms with van der Waals surface area (Å²) in [5, 5.41) is 39.4. The SMILES string of the molecule is C=C/C=C\C(C(=[N-])Sc1ccccc1C)=C(C)O.Cc1ccccc1SC(=[N-])c1ccccc1O.[Zn+2]. The van der Waals surface area contributed by atoms with Gasteiger partial charge in [0.15, 0.2) is 0 Å². The maximum Gasteiger partial charge on any atom is 2.00 e. The van der Waals surface area contributed by atoms with E-state index < -0.39 is 0 Å². The number of aliphatic hydroxyl groups is 1. The molecular formula is C29H28N2O2S2Zn. The number of aromatic hydroxyl groups is 1. The number of hydrogen-bond acceptors (Lipinski definition) is 4. The second-order valence-corrected chi connectivity index (χ2v) is 9.52. The molecule has 3 rings (SSSR count). The summed E-state index contributed by atoms with van der Waals surface area (Å²) in [7, 11) is 0. The van der Waals surface area contributed by atoms with Crippen molar-refractivity contribution in [2.75, 3.05) is 0 Å². The van der Waals surface area contributed by atoms with E-state index in [1.165, 1.54) is 30.4 Å². The minimum absolute atomic E-state index is 0. The number of aryl methyl sites for hydroxylation is 2. The van der Waals surface area contributed by atoms with Gasteiger partial charge in [-0.2, -0.15) is 0 Å². The third kappa shape index (κ3) is 9.65. The summed E-state index contributed by atoms with van der Waals surface area (Å²) in [4.78, 5) is 1.94. The van der Waals surface area contributed by atoms with Crippen molar-refractivity contribution in [2.24, 2.45) is 0 Å². The van der Waals surface area contributed by atoms with Crippen LogP contribution in [0.4, 0.5) is 0 Å². The Morgan fingerprint density at radius 1 is 0.833 bits per heavy atom. The molecule has 0 saturated carbocycles. The average molecular weight is 566 g/mol. The topological polar surface area (TPSA) is 85.1 Å². The van der Waals surface area contributed by atoms with Gasteiger partial charge in [-0.3, -0.25) is 0 Å². The second kappa shape index (κ2) is 16.0. The first-order chi connectivity index (χ1) is 16.7. The summed E-state index contributed by atoms with van der Waals surface area (Å²) < 4.78 is 0. The van der Waals surface area contributed by atoms with E-state index in [1.807, 2.05) is 62.4 Å². The molecule has 0 unspecified atom stereocenters. The molecular weight excluding hydrogens is 538 g/mol. The van der Waals surface area contributed by atoms with Crippen molar-refractivity contribution < 1.29 is 29.7 Å². The third-order valence-electron chi connectivity index (χ3n) is 4.75. The van der Waals surface area contributed by atoms with Crippen molar-refractivity contribution in [3.63, 3.8) is 0 Å². The molecule has 0 aromatic heterocycles. The summed E-state index contributed by atoms with van der Waals surface area (Å²) in [5.41, 5.74) is 3.04. The van der Waals surface area contributed by atoms with Gasteiger partial charge < -0.3 is 21.0 Å². The number of phenols is 1. The number of para-hydroxylation sites is 1. The van der Waals surface area contributed by atoms with Crippen LogP contribution in [0.15, 0.2) is 119 Å². The molecule has 3 aromatic rings. The van der Waals surface area contributed by atoms with Crippen molar-refractivity contribution in [1.82, 2.24) is 0 Å². The molecule has 0 aliphatic carbocycles. The Hall–Kier alpha value is -2.86. The number of rotatable bonds is 6. The summed E-state index contributed by atoms with van der Waals surface area (Å²) >= 11 is 2.48. The first-order valence-corrected chi connectivity index (χ1v) is 12.4. The fourth-order valence-electron chi connectivity index (χ4n) is 2.83. The average Bonchev–Trinajstić information content (AvgIpc) is 2.83. The van der Waals surface area contributed by atoms with Crippen LogP contribution in [0.2, 0.25) is 0 Å². The number of phenolic OH excluding ortho intramolecular Hbond substituents is 1. The van der Waals surface area contributed by atoms with Crippen LogP contribution in [-0.4, -0.2) is 20.3 Å². The van der Waals surface area contributed by atoms with E-state index in [4.69, 9.17) is 0 Å². The molecule has 0 saturated heterocycles. The van der Waals surface area contributed by atoms with Crippen LogP contribution >= 0.6 is 23.5 Å². The molecule has 7 heteroatoms. The zero-order chi connectivity index (χ0) is 25.8. The maximum atomic E-state index is 10.1. The van der Waals surface area contributed by atoms with E-state index in [-0.39, 0.29) is 41.1 Å². The van der Waals surface area contributed by atoms with E-state index in [0.717, 1.165) is 20.9 Å². The summed E-state index contributed by atoms with van der Waals surface area (Å²) in [6.45, 7) is 9.06. The van der Waals surface area contributed by atoms with Gasteiger partial charge in [-0.15, -0.1) is 33.6 Å². The van der Waals surface area contributed by atoms with Crippen LogP contribution in [0.3, 0.4) is 0 Å². The third-order valence-corrected chi connectivity index (χ3v) is 6.94. The molecule has 0 radical (unpaired) electrons. The molecule has 4 nitrogen and oxygen atoms in total. The van der Waals surface area contributed by atoms with Crippen molar-refractivity contribution >= 4 is 33.6 Å². The van der Waals surface area contributed by atoms with Crippen LogP contribution in [0, 0.1) is 13.8 Å². The Balaban J connectivity index is 0.000000351. The Morgan fingerprint density at radius 3 is 1.83 bits per heavy atom. The molecule has 0 aliphatic heterocycles. The van der Waals surface area contributed by atoms with E-state index in [2.05, 4.69) is 6.58 Å². The normalized spacial score (nSPS) is 11.0. The van der Waals surface area contributed by atoms with Gasteiger partial charge in [-0.1, -0.05) is 79.4 Å². The van der Waals surface area contributed by atoms with Crippen molar-refractivity contribution in [2.45, 2.75) is 30.6 Å². The molecule has 0 fully saturated rings. The number of allylic oxidation sites excluding steroid dienone is 4. The van der Waals surface area contributed by atoms with E-state index in [0.29, 0.717) is 11.1 Å². The standard InChI is InChI=1S/C15H16NOS.C14H12NOS.Zn/c1-4-5-9-13(12(3)17)15(16)18-14-10-7-6-8-11(14)2;1-10-6-2-5-9-13(10)17-14(15)11-7-3-4-8-12(11)16;/h4-10,17H,1H2,2-3H3;2-9,16H,1H3;/q2*-1;+2/b9-5-,13-12?;;. The summed E-state index contributed by atoms with van der Waals surface area (Å²) in [6.07, 6.45) is 4.89. The second-order valence-electron chi connectivity index (χ2n) is 7.46. The van der Waals surface area contributed by atoms with Gasteiger partial charge in [-0.05, 0) is 50.1 Å². The number of hydrogen-bond donors (Lipinski definition) is 2. The fourth-order valence-corrected chi connectivity index (χ4v) is 4.60. The van der Waals surface area contributed by atoms with Gasteiger partial charge in [0.1, 0.15) is 5.75 Å². The van der Waals surface area contributed by atoms with E-state index in [1.54, 1.807) is 42.5 Å². The molecule has 180 valence electrons. The predicted molar refractivity (Wildman–Crippen MR) is 153 cm³/mol. The zero-order valence-electron chi connectivity index (χ0n) is 20.7. The van der Waals surface area contributed by atoms with Gasteiger partial charge in [0.05, 0.1) is 5.76 Å². The molecule has 0 aliphatic rings. The monoisotopic (exact) mass is 564 g/mol. The van der Waals surface area contributed by atoms with E-state index in [9.17, 15) is 21.0 Å². The minimum atomic E-state index is 0. The molecule has 0 amide bonds. The molecule has 0 heterocycles. The quantitative estimate of drug-likeness (QED) is 0.0784. The van der Waals surface area contributed by atoms with Crippen LogP contribution in [0.25, 0.3) is 10.8 Å². The summed E-state index contributed by atoms with van der Waals surface area (Å²) in [6, 6.07) is 22.3. The van der Waals surface area contributed by atoms with Gasteiger partial charge in [0.25, 0.3) is 0 Å². The fraction of sp³-hybridized carbons (Fsp3) is 0.103. The number of benzene rings is 3. The Labute approximate surface area is 235 Å². The number of nitrogens with zero attached hydrogens (tertiary/aromatic N) is 2. The molecule has 3 aromatic carbocycles. The minimum Gasteiger partial charge on any atom is -0.797 e. The van der Waals surface area contributed by atoms with Crippen LogP contribution < -0.4 is 0 Å². The van der Waals surface area contributed by atoms with E-state index >= 15 is 0 Å². The molecule has 0 spiro atoms. The van der Waals surface area contributed by atoms with Gasteiger partial charge in [0.2, 0.25) is 0 Å². The van der Waals surface area contributed by atoms with Crippen molar-refractivity contribution in [3.05, 3.63) is 136 Å². The largest absolute Gasteiger partial charge is 2.00 e. The molecule has 0 bridgehead atoms. The van der Waals surface area contributed by atoms with Gasteiger partial charge >= 0.3 is 19.5 Å². The smallest absolute Gasteiger partial charge is 0.797 e. The molecule has 0 atom stereocenters. The van der Waals surface area contributed by atoms with Crippen LogP contribution in [-0.2, 0) is 19.5 Å². The molecule has 36 heavy (non-hydrogen) atoms. The molecule has 2 N–H and O–H groups in total. The van der Waals surface area contributed by atoms with Crippen molar-refractivity contribution in [1.29, 1.82) is 0 Å². The first-order valence-electron chi connectivity index (χ1n) is 10.8. The zero-order valence-corrected chi connectivity index (χ0v) is 25.3. The summed E-state index contributed by atoms with van der Waals surface area (Å²) in [5.74, 6) is 0.165. The maximum absolute atomic E-state index is 10.1. The van der Waals surface area contributed by atoms with Crippen LogP contribution in [0.5, 0.6) is 5.75 Å². The first kappa shape index (κ1) is 31.2. The Morgan fingerprint density at radius 2 is 1.33 bits per heavy atom. The number of aliphatic hydroxyl groups excluding tert-OH is 1. The van der Waals surface area contributed by atoms with Gasteiger partial charge in [-0.25, -0.2) is 0 Å². The van der Waals surface area contributed by atoms with Crippen LogP contribution in [0.1, 0.15) is 23.6 Å². The van der Waals surface area contributed by atoms with Crippen molar-refractivity contribution in [3.8, 4) is 5.75 Å².